The molecule has 0 nitrogen and oxygen atoms in total. The lowest BCUT2D eigenvalue weighted by atomic mass is 10.2. The Kier molecular flexibility index (Phi) is 6.67. The van der Waals surface area contributed by atoms with Crippen molar-refractivity contribution in [2.24, 2.45) is 0 Å². The Morgan fingerprint density at radius 2 is 0.619 bits per heavy atom. The molecule has 128 valence electrons. The van der Waals surface area contributed by atoms with E-state index in [1.54, 1.807) is 0 Å². The molecule has 0 aromatic heterocycles. The summed E-state index contributed by atoms with van der Waals surface area (Å²) >= 11 is 14.9. The van der Waals surface area contributed by atoms with E-state index in [2.05, 4.69) is 94.1 Å². The van der Waals surface area contributed by atoms with Crippen LogP contribution < -0.4 is 0 Å². The van der Waals surface area contributed by atoms with Crippen LogP contribution in [0.15, 0.2) is 0 Å². The smallest absolute Gasteiger partial charge is 0.0219 e. The maximum atomic E-state index is 6.40. The van der Waals surface area contributed by atoms with Gasteiger partial charge in [0.05, 0.1) is 0 Å². The average molecular weight is 387 g/mol. The van der Waals surface area contributed by atoms with E-state index in [1.807, 2.05) is 0 Å². The highest BCUT2D eigenvalue weighted by Gasteiger charge is 2.51. The molecular weight excluding hydrogens is 350 g/mol. The van der Waals surface area contributed by atoms with Gasteiger partial charge in [-0.1, -0.05) is 118 Å². The predicted molar refractivity (Wildman–Crippen MR) is 115 cm³/mol. The van der Waals surface area contributed by atoms with Gasteiger partial charge in [0.2, 0.25) is 0 Å². The molecule has 0 amide bonds. The highest BCUT2D eigenvalue weighted by molar-refractivity contribution is 9.00. The summed E-state index contributed by atoms with van der Waals surface area (Å²) in [5.41, 5.74) is 0. The minimum absolute atomic E-state index is 0.131. The predicted octanol–water partition coefficient (Wildman–Crippen LogP) is 7.70. The van der Waals surface area contributed by atoms with Crippen LogP contribution >= 0.6 is 21.5 Å². The van der Waals surface area contributed by atoms with Gasteiger partial charge in [0, 0.05) is 31.1 Å². The van der Waals surface area contributed by atoms with Crippen molar-refractivity contribution in [2.45, 2.75) is 104 Å². The van der Waals surface area contributed by atoms with Crippen molar-refractivity contribution >= 4 is 45.1 Å². The van der Waals surface area contributed by atoms with E-state index in [0.717, 1.165) is 0 Å². The van der Waals surface area contributed by atoms with Crippen LogP contribution in [0, 0.1) is 0 Å². The molecule has 5 heteroatoms. The molecule has 0 atom stereocenters. The molecule has 0 aliphatic heterocycles. The van der Waals surface area contributed by atoms with Gasteiger partial charge in [0.1, 0.15) is 0 Å². The normalized spacial score (nSPS) is 16.2. The van der Waals surface area contributed by atoms with E-state index in [-0.39, 0.29) is 20.6 Å². The van der Waals surface area contributed by atoms with Crippen molar-refractivity contribution in [1.82, 2.24) is 0 Å². The zero-order chi connectivity index (χ0) is 17.7. The Labute approximate surface area is 148 Å². The first kappa shape index (κ1) is 22.6. The highest BCUT2D eigenvalue weighted by atomic mass is 33.2. The third kappa shape index (κ3) is 4.39. The first-order valence-electron chi connectivity index (χ1n) is 7.62. The van der Waals surface area contributed by atoms with E-state index >= 15 is 0 Å². The van der Waals surface area contributed by atoms with E-state index in [4.69, 9.17) is 23.6 Å². The van der Waals surface area contributed by atoms with Crippen LogP contribution in [0.25, 0.3) is 0 Å². The molecule has 0 aromatic carbocycles. The summed E-state index contributed by atoms with van der Waals surface area (Å²) in [6, 6.07) is 0. The van der Waals surface area contributed by atoms with Crippen molar-refractivity contribution in [3.05, 3.63) is 0 Å². The van der Waals surface area contributed by atoms with Gasteiger partial charge in [-0.15, -0.1) is 0 Å². The molecular formula is C16H36P2S3. The van der Waals surface area contributed by atoms with Crippen molar-refractivity contribution < 1.29 is 0 Å². The Morgan fingerprint density at radius 3 is 0.714 bits per heavy atom. The maximum absolute atomic E-state index is 6.40. The van der Waals surface area contributed by atoms with Crippen LogP contribution in [-0.4, -0.2) is 20.6 Å². The Balaban J connectivity index is 6.31. The molecule has 0 N–H and O–H groups in total. The van der Waals surface area contributed by atoms with Crippen molar-refractivity contribution in [1.29, 1.82) is 0 Å². The summed E-state index contributed by atoms with van der Waals surface area (Å²) in [6.07, 6.45) is 0. The molecule has 0 aliphatic carbocycles. The van der Waals surface area contributed by atoms with Gasteiger partial charge in [-0.3, -0.25) is 0 Å². The highest BCUT2D eigenvalue weighted by Crippen LogP contribution is 2.92. The summed E-state index contributed by atoms with van der Waals surface area (Å²) in [5.74, 6) is 0. The zero-order valence-electron chi connectivity index (χ0n) is 16.1. The second-order valence-electron chi connectivity index (χ2n) is 9.87. The average Bonchev–Trinajstić information content (AvgIpc) is 2.09. The number of hydrogen-bond donors (Lipinski definition) is 0. The van der Waals surface area contributed by atoms with Gasteiger partial charge in [-0.05, 0) is 0 Å². The fraction of sp³-hybridized carbons (Fsp3) is 1.00. The van der Waals surface area contributed by atoms with Crippen molar-refractivity contribution in [3.8, 4) is 0 Å². The Hall–Kier alpha value is 1.65. The van der Waals surface area contributed by atoms with Crippen LogP contribution in [0.2, 0.25) is 0 Å². The second-order valence-corrected chi connectivity index (χ2v) is 27.5. The van der Waals surface area contributed by atoms with Crippen molar-refractivity contribution in [3.63, 3.8) is 0 Å². The Morgan fingerprint density at radius 1 is 0.476 bits per heavy atom. The van der Waals surface area contributed by atoms with E-state index < -0.39 is 10.5 Å². The fourth-order valence-electron chi connectivity index (χ4n) is 2.66. The molecule has 21 heavy (non-hydrogen) atoms. The van der Waals surface area contributed by atoms with Crippen LogP contribution in [-0.2, 0) is 23.6 Å². The van der Waals surface area contributed by atoms with Gasteiger partial charge in [-0.2, -0.15) is 0 Å². The fourth-order valence-corrected chi connectivity index (χ4v) is 30.2. The summed E-state index contributed by atoms with van der Waals surface area (Å²) in [5, 5.41) is -2.89. The first-order chi connectivity index (χ1) is 8.71. The minimum Gasteiger partial charge on any atom is -0.0845 e. The third-order valence-corrected chi connectivity index (χ3v) is 33.6. The molecule has 0 aromatic rings. The lowest BCUT2D eigenvalue weighted by Gasteiger charge is -2.52. The SMILES string of the molecule is CC(C)(C)P(=S)(SP(=S)(C(C)(C)C)C(C)(C)C)C(C)(C)C. The summed E-state index contributed by atoms with van der Waals surface area (Å²) in [6.45, 7) is 27.8. The largest absolute Gasteiger partial charge is 0.0845 e. The second kappa shape index (κ2) is 6.18. The molecule has 0 fully saturated rings. The van der Waals surface area contributed by atoms with Gasteiger partial charge < -0.3 is 0 Å². The lowest BCUT2D eigenvalue weighted by Crippen LogP contribution is -2.31. The molecule has 0 aliphatic rings. The standard InChI is InChI=1S/C16H36P2S3/c1-13(2,3)17(19,14(4,5)6)21-18(20,15(7,8)9)16(10,11)12/h1-12H3. The number of hydrogen-bond acceptors (Lipinski definition) is 3. The lowest BCUT2D eigenvalue weighted by molar-refractivity contribution is 0.715. The van der Waals surface area contributed by atoms with Crippen LogP contribution in [0.4, 0.5) is 0 Å². The minimum atomic E-state index is -1.71. The van der Waals surface area contributed by atoms with Crippen LogP contribution in [0.1, 0.15) is 83.1 Å². The summed E-state index contributed by atoms with van der Waals surface area (Å²) in [4.78, 5) is 0. The number of rotatable bonds is 2. The van der Waals surface area contributed by atoms with E-state index in [1.165, 1.54) is 0 Å². The Bertz CT molecular complexity index is 386. The summed E-state index contributed by atoms with van der Waals surface area (Å²) < 4.78 is 0. The van der Waals surface area contributed by atoms with Gasteiger partial charge in [0.15, 0.2) is 0 Å². The molecule has 0 spiro atoms. The molecule has 0 saturated heterocycles. The first-order valence-corrected chi connectivity index (χ1v) is 15.3. The molecule has 0 rings (SSSR count). The van der Waals surface area contributed by atoms with E-state index in [0.29, 0.717) is 0 Å². The summed E-state index contributed by atoms with van der Waals surface area (Å²) in [7, 11) is 0. The molecule has 0 bridgehead atoms. The van der Waals surface area contributed by atoms with Crippen LogP contribution in [0.3, 0.4) is 0 Å². The van der Waals surface area contributed by atoms with Crippen molar-refractivity contribution in [2.75, 3.05) is 0 Å². The molecule has 0 saturated carbocycles. The zero-order valence-corrected chi connectivity index (χ0v) is 20.4. The molecule has 0 unspecified atom stereocenters. The monoisotopic (exact) mass is 386 g/mol. The molecule has 0 radical (unpaired) electrons. The van der Waals surface area contributed by atoms with Crippen LogP contribution in [0.5, 0.6) is 0 Å². The van der Waals surface area contributed by atoms with Gasteiger partial charge in [-0.25, -0.2) is 0 Å². The maximum Gasteiger partial charge on any atom is 0.0219 e. The van der Waals surface area contributed by atoms with Gasteiger partial charge >= 0.3 is 0 Å². The quantitative estimate of drug-likeness (QED) is 0.446. The third-order valence-electron chi connectivity index (χ3n) is 3.76. The topological polar surface area (TPSA) is 0 Å². The van der Waals surface area contributed by atoms with E-state index in [9.17, 15) is 0 Å². The van der Waals surface area contributed by atoms with Gasteiger partial charge in [0.25, 0.3) is 0 Å². The molecule has 0 heterocycles.